The lowest BCUT2D eigenvalue weighted by Crippen LogP contribution is -2.35. The van der Waals surface area contributed by atoms with E-state index in [0.29, 0.717) is 31.3 Å². The molecule has 0 radical (unpaired) electrons. The first-order valence-electron chi connectivity index (χ1n) is 7.72. The number of aliphatic imine (C=N–C) groups is 1. The molecule has 0 aliphatic carbocycles. The lowest BCUT2D eigenvalue weighted by molar-refractivity contribution is -0.384. The van der Waals surface area contributed by atoms with Gasteiger partial charge in [-0.05, 0) is 18.1 Å². The van der Waals surface area contributed by atoms with Crippen LogP contribution in [0.25, 0.3) is 0 Å². The predicted octanol–water partition coefficient (Wildman–Crippen LogP) is 2.15. The van der Waals surface area contributed by atoms with Gasteiger partial charge < -0.3 is 16.4 Å². The molecule has 0 spiro atoms. The molecule has 0 amide bonds. The molecule has 0 aliphatic heterocycles. The van der Waals surface area contributed by atoms with Gasteiger partial charge in [-0.1, -0.05) is 42.5 Å². The number of nitro groups is 1. The number of rotatable bonds is 8. The van der Waals surface area contributed by atoms with Crippen molar-refractivity contribution in [3.05, 3.63) is 70.3 Å². The fourth-order valence-corrected chi connectivity index (χ4v) is 2.18. The van der Waals surface area contributed by atoms with Gasteiger partial charge in [-0.15, -0.1) is 0 Å². The number of anilines is 1. The van der Waals surface area contributed by atoms with E-state index in [-0.39, 0.29) is 5.69 Å². The fraction of sp³-hybridized carbons (Fsp3) is 0.235. The molecule has 2 rings (SSSR count). The van der Waals surface area contributed by atoms with Crippen LogP contribution >= 0.6 is 0 Å². The van der Waals surface area contributed by atoms with Gasteiger partial charge in [-0.2, -0.15) is 0 Å². The molecule has 24 heavy (non-hydrogen) atoms. The summed E-state index contributed by atoms with van der Waals surface area (Å²) in [6.07, 6.45) is 0.831. The van der Waals surface area contributed by atoms with E-state index in [9.17, 15) is 10.1 Å². The second-order valence-electron chi connectivity index (χ2n) is 5.13. The van der Waals surface area contributed by atoms with Crippen molar-refractivity contribution in [2.45, 2.75) is 6.42 Å². The molecule has 2 aromatic rings. The zero-order chi connectivity index (χ0) is 17.2. The molecular weight excluding hydrogens is 306 g/mol. The highest BCUT2D eigenvalue weighted by Gasteiger charge is 2.10. The Morgan fingerprint density at radius 1 is 1.08 bits per heavy atom. The minimum atomic E-state index is -0.408. The second kappa shape index (κ2) is 9.14. The quantitative estimate of drug-likeness (QED) is 0.226. The molecule has 0 fully saturated rings. The zero-order valence-corrected chi connectivity index (χ0v) is 13.3. The van der Waals surface area contributed by atoms with Crippen LogP contribution in [-0.2, 0) is 6.42 Å². The molecule has 0 unspecified atom stereocenters. The molecule has 7 nitrogen and oxygen atoms in total. The van der Waals surface area contributed by atoms with Gasteiger partial charge in [0, 0.05) is 25.7 Å². The summed E-state index contributed by atoms with van der Waals surface area (Å²) in [6.45, 7) is 1.63. The smallest absolute Gasteiger partial charge is 0.292 e. The molecular formula is C17H21N5O2. The van der Waals surface area contributed by atoms with Crippen LogP contribution < -0.4 is 16.4 Å². The van der Waals surface area contributed by atoms with Crippen molar-refractivity contribution < 1.29 is 4.92 Å². The summed E-state index contributed by atoms with van der Waals surface area (Å²) in [7, 11) is 0. The van der Waals surface area contributed by atoms with Crippen molar-refractivity contribution in [3.63, 3.8) is 0 Å². The number of benzene rings is 2. The highest BCUT2D eigenvalue weighted by atomic mass is 16.6. The Hall–Kier alpha value is -3.09. The van der Waals surface area contributed by atoms with Crippen molar-refractivity contribution in [2.75, 3.05) is 25.0 Å². The summed E-state index contributed by atoms with van der Waals surface area (Å²) in [5.74, 6) is 0.371. The van der Waals surface area contributed by atoms with Gasteiger partial charge >= 0.3 is 0 Å². The number of guanidine groups is 1. The Balaban J connectivity index is 1.70. The zero-order valence-electron chi connectivity index (χ0n) is 13.3. The number of hydrogen-bond acceptors (Lipinski definition) is 4. The van der Waals surface area contributed by atoms with E-state index in [4.69, 9.17) is 5.73 Å². The first kappa shape index (κ1) is 17.3. The fourth-order valence-electron chi connectivity index (χ4n) is 2.18. The summed E-state index contributed by atoms with van der Waals surface area (Å²) < 4.78 is 0. The predicted molar refractivity (Wildman–Crippen MR) is 96.2 cm³/mol. The van der Waals surface area contributed by atoms with E-state index >= 15 is 0 Å². The van der Waals surface area contributed by atoms with Gasteiger partial charge in [-0.3, -0.25) is 15.1 Å². The van der Waals surface area contributed by atoms with Gasteiger partial charge in [0.05, 0.1) is 4.92 Å². The first-order chi connectivity index (χ1) is 11.7. The Morgan fingerprint density at radius 2 is 1.79 bits per heavy atom. The van der Waals surface area contributed by atoms with Crippen molar-refractivity contribution in [1.82, 2.24) is 5.32 Å². The van der Waals surface area contributed by atoms with Crippen LogP contribution in [0.1, 0.15) is 5.56 Å². The van der Waals surface area contributed by atoms with Crippen LogP contribution in [0.4, 0.5) is 11.4 Å². The van der Waals surface area contributed by atoms with E-state index in [2.05, 4.69) is 27.8 Å². The van der Waals surface area contributed by atoms with Crippen LogP contribution in [-0.4, -0.2) is 30.5 Å². The molecule has 0 aliphatic rings. The standard InChI is InChI=1S/C17H21N5O2/c18-17(20-11-10-14-6-2-1-3-7-14)21-13-12-19-15-8-4-5-9-16(15)22(23)24/h1-9,19H,10-13H2,(H3,18,20,21). The molecule has 4 N–H and O–H groups in total. The summed E-state index contributed by atoms with van der Waals surface area (Å²) in [5, 5.41) is 16.9. The first-order valence-corrected chi connectivity index (χ1v) is 7.72. The molecule has 0 saturated carbocycles. The van der Waals surface area contributed by atoms with Gasteiger partial charge in [0.2, 0.25) is 0 Å². The second-order valence-corrected chi connectivity index (χ2v) is 5.13. The van der Waals surface area contributed by atoms with E-state index in [1.165, 1.54) is 11.6 Å². The summed E-state index contributed by atoms with van der Waals surface area (Å²) in [5.41, 5.74) is 7.56. The summed E-state index contributed by atoms with van der Waals surface area (Å²) >= 11 is 0. The van der Waals surface area contributed by atoms with E-state index in [0.717, 1.165) is 6.42 Å². The highest BCUT2D eigenvalue weighted by molar-refractivity contribution is 5.77. The topological polar surface area (TPSA) is 106 Å². The largest absolute Gasteiger partial charge is 0.378 e. The number of hydrogen-bond donors (Lipinski definition) is 3. The molecule has 0 bridgehead atoms. The Kier molecular flexibility index (Phi) is 6.58. The summed E-state index contributed by atoms with van der Waals surface area (Å²) in [4.78, 5) is 14.8. The minimum Gasteiger partial charge on any atom is -0.378 e. The lowest BCUT2D eigenvalue weighted by atomic mass is 10.2. The van der Waals surface area contributed by atoms with Crippen molar-refractivity contribution in [1.29, 1.82) is 0 Å². The van der Waals surface area contributed by atoms with Crippen LogP contribution in [0.2, 0.25) is 0 Å². The Morgan fingerprint density at radius 3 is 2.54 bits per heavy atom. The maximum Gasteiger partial charge on any atom is 0.292 e. The van der Waals surface area contributed by atoms with Gasteiger partial charge in [0.25, 0.3) is 5.69 Å². The van der Waals surface area contributed by atoms with Crippen LogP contribution in [0.3, 0.4) is 0 Å². The number of nitrogens with one attached hydrogen (secondary N) is 2. The number of para-hydroxylation sites is 2. The Labute approximate surface area is 140 Å². The van der Waals surface area contributed by atoms with Crippen LogP contribution in [0, 0.1) is 10.1 Å². The van der Waals surface area contributed by atoms with E-state index < -0.39 is 4.92 Å². The third-order valence-corrected chi connectivity index (χ3v) is 3.37. The maximum atomic E-state index is 10.9. The third-order valence-electron chi connectivity index (χ3n) is 3.37. The van der Waals surface area contributed by atoms with Crippen molar-refractivity contribution in [3.8, 4) is 0 Å². The van der Waals surface area contributed by atoms with Crippen molar-refractivity contribution >= 4 is 17.3 Å². The minimum absolute atomic E-state index is 0.0574. The molecule has 7 heteroatoms. The van der Waals surface area contributed by atoms with E-state index in [1.54, 1.807) is 18.2 Å². The highest BCUT2D eigenvalue weighted by Crippen LogP contribution is 2.22. The average molecular weight is 327 g/mol. The van der Waals surface area contributed by atoms with Gasteiger partial charge in [-0.25, -0.2) is 0 Å². The lowest BCUT2D eigenvalue weighted by Gasteiger charge is -2.08. The maximum absolute atomic E-state index is 10.9. The van der Waals surface area contributed by atoms with E-state index in [1.807, 2.05) is 18.2 Å². The van der Waals surface area contributed by atoms with Crippen molar-refractivity contribution in [2.24, 2.45) is 10.7 Å². The molecule has 126 valence electrons. The SMILES string of the molecule is NC(=NCCc1ccccc1)NCCNc1ccccc1[N+](=O)[O-]. The molecule has 2 aromatic carbocycles. The number of nitro benzene ring substituents is 1. The Bertz CT molecular complexity index is 688. The van der Waals surface area contributed by atoms with Gasteiger partial charge in [0.1, 0.15) is 5.69 Å². The molecule has 0 aromatic heterocycles. The summed E-state index contributed by atoms with van der Waals surface area (Å²) in [6, 6.07) is 16.6. The molecule has 0 atom stereocenters. The monoisotopic (exact) mass is 327 g/mol. The number of nitrogens with zero attached hydrogens (tertiary/aromatic N) is 2. The normalized spacial score (nSPS) is 11.1. The van der Waals surface area contributed by atoms with Gasteiger partial charge in [0.15, 0.2) is 5.96 Å². The average Bonchev–Trinajstić information content (AvgIpc) is 2.60. The number of nitrogens with two attached hydrogens (primary N) is 1. The van der Waals surface area contributed by atoms with Crippen LogP contribution in [0.5, 0.6) is 0 Å². The molecule has 0 heterocycles. The van der Waals surface area contributed by atoms with Crippen LogP contribution in [0.15, 0.2) is 59.6 Å². The molecule has 0 saturated heterocycles. The third kappa shape index (κ3) is 5.60.